The molecule has 6 heteroatoms. The third-order valence-electron chi connectivity index (χ3n) is 2.74. The van der Waals surface area contributed by atoms with Crippen LogP contribution >= 0.6 is 0 Å². The van der Waals surface area contributed by atoms with Gasteiger partial charge in [0.15, 0.2) is 0 Å². The van der Waals surface area contributed by atoms with Gasteiger partial charge in [0.05, 0.1) is 18.3 Å². The molecule has 102 valence electrons. The van der Waals surface area contributed by atoms with Gasteiger partial charge in [-0.25, -0.2) is 13.5 Å². The van der Waals surface area contributed by atoms with E-state index in [1.165, 1.54) is 0 Å². The zero-order valence-corrected chi connectivity index (χ0v) is 11.0. The van der Waals surface area contributed by atoms with Gasteiger partial charge in [0, 0.05) is 12.6 Å². The Morgan fingerprint density at radius 2 is 2.22 bits per heavy atom. The van der Waals surface area contributed by atoms with E-state index < -0.39 is 18.6 Å². The molecule has 0 spiro atoms. The molecule has 0 aromatic carbocycles. The molecule has 0 radical (unpaired) electrons. The number of alkyl halides is 2. The van der Waals surface area contributed by atoms with Crippen molar-refractivity contribution in [2.24, 2.45) is 5.41 Å². The Morgan fingerprint density at radius 3 is 2.78 bits per heavy atom. The molecule has 1 saturated heterocycles. The smallest absolute Gasteiger partial charge is 0.273 e. The summed E-state index contributed by atoms with van der Waals surface area (Å²) >= 11 is 0. The van der Waals surface area contributed by atoms with Crippen molar-refractivity contribution in [3.63, 3.8) is 0 Å². The van der Waals surface area contributed by atoms with Crippen molar-refractivity contribution in [3.8, 4) is 0 Å². The highest BCUT2D eigenvalue weighted by Gasteiger charge is 2.40. The summed E-state index contributed by atoms with van der Waals surface area (Å²) in [5, 5.41) is 8.00. The van der Waals surface area contributed by atoms with Gasteiger partial charge in [0.2, 0.25) is 0 Å². The van der Waals surface area contributed by atoms with Crippen molar-refractivity contribution in [1.82, 2.24) is 15.0 Å². The first-order valence-electron chi connectivity index (χ1n) is 6.12. The molecule has 1 aliphatic heterocycles. The highest BCUT2D eigenvalue weighted by atomic mass is 19.3. The Morgan fingerprint density at radius 1 is 1.50 bits per heavy atom. The van der Waals surface area contributed by atoms with Crippen molar-refractivity contribution in [2.45, 2.75) is 52.2 Å². The summed E-state index contributed by atoms with van der Waals surface area (Å²) in [7, 11) is 0. The van der Waals surface area contributed by atoms with Crippen LogP contribution in [0.2, 0.25) is 0 Å². The molecule has 18 heavy (non-hydrogen) atoms. The van der Waals surface area contributed by atoms with Gasteiger partial charge in [-0.1, -0.05) is 26.0 Å². The minimum Gasteiger partial charge on any atom is -0.370 e. The summed E-state index contributed by atoms with van der Waals surface area (Å²) in [5.74, 6) is -2.69. The normalized spacial score (nSPS) is 23.5. The first-order valence-corrected chi connectivity index (χ1v) is 6.12. The molecule has 1 atom stereocenters. The van der Waals surface area contributed by atoms with E-state index in [0.29, 0.717) is 6.54 Å². The maximum absolute atomic E-state index is 13.0. The average Bonchev–Trinajstić information content (AvgIpc) is 2.71. The number of hydrogen-bond acceptors (Lipinski definition) is 3. The minimum atomic E-state index is -2.69. The zero-order chi connectivity index (χ0) is 13.4. The molecule has 0 N–H and O–H groups in total. The van der Waals surface area contributed by atoms with E-state index in [1.54, 1.807) is 4.68 Å². The molecule has 1 aromatic rings. The van der Waals surface area contributed by atoms with E-state index in [-0.39, 0.29) is 11.8 Å². The Balaban J connectivity index is 1.91. The molecular weight excluding hydrogens is 240 g/mol. The van der Waals surface area contributed by atoms with Crippen molar-refractivity contribution >= 4 is 0 Å². The molecule has 1 aliphatic rings. The molecule has 1 aromatic heterocycles. The second-order valence-corrected chi connectivity index (χ2v) is 6.16. The number of aromatic nitrogens is 3. The van der Waals surface area contributed by atoms with Crippen molar-refractivity contribution in [1.29, 1.82) is 0 Å². The van der Waals surface area contributed by atoms with Crippen LogP contribution in [-0.2, 0) is 17.7 Å². The first-order chi connectivity index (χ1) is 8.23. The fraction of sp³-hybridized carbons (Fsp3) is 0.833. The lowest BCUT2D eigenvalue weighted by Crippen LogP contribution is -2.18. The second kappa shape index (κ2) is 4.57. The van der Waals surface area contributed by atoms with Gasteiger partial charge in [0.1, 0.15) is 6.61 Å². The predicted molar refractivity (Wildman–Crippen MR) is 62.5 cm³/mol. The summed E-state index contributed by atoms with van der Waals surface area (Å²) in [6, 6.07) is 0. The molecule has 4 nitrogen and oxygen atoms in total. The molecule has 0 bridgehead atoms. The summed E-state index contributed by atoms with van der Waals surface area (Å²) in [5.41, 5.74) is 1.02. The van der Waals surface area contributed by atoms with Gasteiger partial charge in [0.25, 0.3) is 5.92 Å². The number of ether oxygens (including phenoxy) is 1. The Kier molecular flexibility index (Phi) is 3.40. The highest BCUT2D eigenvalue weighted by molar-refractivity contribution is 4.96. The van der Waals surface area contributed by atoms with Crippen LogP contribution in [0.4, 0.5) is 8.78 Å². The standard InChI is InChI=1S/C12H19F2N3O/c1-11(2,3)4-9-6-17(16-15-9)7-10-5-12(13,14)8-18-10/h6,10H,4-5,7-8H2,1-3H3. The molecule has 1 unspecified atom stereocenters. The Hall–Kier alpha value is -1.04. The van der Waals surface area contributed by atoms with E-state index in [1.807, 2.05) is 6.20 Å². The van der Waals surface area contributed by atoms with Crippen LogP contribution in [0, 0.1) is 5.41 Å². The van der Waals surface area contributed by atoms with E-state index in [9.17, 15) is 8.78 Å². The monoisotopic (exact) mass is 259 g/mol. The van der Waals surface area contributed by atoms with Crippen LogP contribution in [-0.4, -0.2) is 33.6 Å². The van der Waals surface area contributed by atoms with Crippen molar-refractivity contribution < 1.29 is 13.5 Å². The lowest BCUT2D eigenvalue weighted by atomic mass is 9.91. The lowest BCUT2D eigenvalue weighted by molar-refractivity contribution is -0.0107. The molecule has 0 amide bonds. The summed E-state index contributed by atoms with van der Waals surface area (Å²) in [4.78, 5) is 0. The predicted octanol–water partition coefficient (Wildman–Crippen LogP) is 2.29. The number of rotatable bonds is 3. The topological polar surface area (TPSA) is 39.9 Å². The fourth-order valence-corrected chi connectivity index (χ4v) is 2.07. The van der Waals surface area contributed by atoms with Crippen LogP contribution in [0.5, 0.6) is 0 Å². The zero-order valence-electron chi connectivity index (χ0n) is 11.0. The maximum atomic E-state index is 13.0. The third-order valence-corrected chi connectivity index (χ3v) is 2.74. The number of halogens is 2. The Labute approximate surface area is 105 Å². The van der Waals surface area contributed by atoms with Gasteiger partial charge in [-0.3, -0.25) is 0 Å². The molecular formula is C12H19F2N3O. The van der Waals surface area contributed by atoms with E-state index in [0.717, 1.165) is 12.1 Å². The largest absolute Gasteiger partial charge is 0.370 e. The van der Waals surface area contributed by atoms with Gasteiger partial charge < -0.3 is 4.74 Å². The first kappa shape index (κ1) is 13.4. The molecule has 1 fully saturated rings. The SMILES string of the molecule is CC(C)(C)Cc1cn(CC2CC(F)(F)CO2)nn1. The van der Waals surface area contributed by atoms with Crippen molar-refractivity contribution in [2.75, 3.05) is 6.61 Å². The van der Waals surface area contributed by atoms with E-state index in [4.69, 9.17) is 4.74 Å². The average molecular weight is 259 g/mol. The Bertz CT molecular complexity index is 412. The van der Waals surface area contributed by atoms with E-state index in [2.05, 4.69) is 31.1 Å². The minimum absolute atomic E-state index is 0.137. The van der Waals surface area contributed by atoms with Crippen LogP contribution in [0.25, 0.3) is 0 Å². The summed E-state index contributed by atoms with van der Waals surface area (Å²) < 4.78 is 32.5. The van der Waals surface area contributed by atoms with Crippen LogP contribution < -0.4 is 0 Å². The van der Waals surface area contributed by atoms with Crippen LogP contribution in [0.3, 0.4) is 0 Å². The molecule has 0 aliphatic carbocycles. The quantitative estimate of drug-likeness (QED) is 0.836. The molecule has 2 heterocycles. The van der Waals surface area contributed by atoms with Gasteiger partial charge >= 0.3 is 0 Å². The fourth-order valence-electron chi connectivity index (χ4n) is 2.07. The summed E-state index contributed by atoms with van der Waals surface area (Å²) in [6.45, 7) is 6.21. The maximum Gasteiger partial charge on any atom is 0.273 e. The van der Waals surface area contributed by atoms with Gasteiger partial charge in [-0.2, -0.15) is 0 Å². The van der Waals surface area contributed by atoms with E-state index >= 15 is 0 Å². The number of hydrogen-bond donors (Lipinski definition) is 0. The van der Waals surface area contributed by atoms with Gasteiger partial charge in [-0.05, 0) is 11.8 Å². The number of nitrogens with zero attached hydrogens (tertiary/aromatic N) is 3. The summed E-state index contributed by atoms with van der Waals surface area (Å²) in [6.07, 6.45) is 1.92. The highest BCUT2D eigenvalue weighted by Crippen LogP contribution is 2.30. The lowest BCUT2D eigenvalue weighted by Gasteiger charge is -2.15. The molecule has 2 rings (SSSR count). The third kappa shape index (κ3) is 3.73. The molecule has 0 saturated carbocycles. The van der Waals surface area contributed by atoms with Crippen molar-refractivity contribution in [3.05, 3.63) is 11.9 Å². The van der Waals surface area contributed by atoms with Gasteiger partial charge in [-0.15, -0.1) is 5.10 Å². The van der Waals surface area contributed by atoms with Crippen LogP contribution in [0.1, 0.15) is 32.9 Å². The van der Waals surface area contributed by atoms with Crippen LogP contribution in [0.15, 0.2) is 6.20 Å². The second-order valence-electron chi connectivity index (χ2n) is 6.16.